The third kappa shape index (κ3) is 6.66. The molecule has 2 heterocycles. The first-order chi connectivity index (χ1) is 15.2. The predicted octanol–water partition coefficient (Wildman–Crippen LogP) is 3.63. The first kappa shape index (κ1) is 23.5. The molecule has 32 heavy (non-hydrogen) atoms. The molecule has 0 unspecified atom stereocenters. The monoisotopic (exact) mass is 465 g/mol. The number of amides is 3. The average Bonchev–Trinajstić information content (AvgIpc) is 3.01. The van der Waals surface area contributed by atoms with Gasteiger partial charge in [-0.3, -0.25) is 24.3 Å². The maximum atomic E-state index is 12.5. The van der Waals surface area contributed by atoms with Crippen molar-refractivity contribution in [3.8, 4) is 0 Å². The molecule has 1 aromatic heterocycles. The number of ether oxygens (including phenoxy) is 1. The number of alkyl halides is 3. The maximum absolute atomic E-state index is 12.5. The van der Waals surface area contributed by atoms with Crippen molar-refractivity contribution in [3.63, 3.8) is 0 Å². The van der Waals surface area contributed by atoms with Gasteiger partial charge < -0.3 is 10.1 Å². The molecule has 1 aliphatic rings. The molecular weight excluding hydrogens is 447 g/mol. The zero-order chi connectivity index (χ0) is 23.1. The van der Waals surface area contributed by atoms with E-state index in [0.717, 1.165) is 16.7 Å². The van der Waals surface area contributed by atoms with Gasteiger partial charge >= 0.3 is 6.18 Å². The molecule has 0 spiro atoms. The summed E-state index contributed by atoms with van der Waals surface area (Å²) in [7, 11) is 0. The summed E-state index contributed by atoms with van der Waals surface area (Å²) < 4.78 is 40.9. The molecule has 1 N–H and O–H groups in total. The molecule has 2 aromatic rings. The molecule has 168 valence electrons. The fourth-order valence-electron chi connectivity index (χ4n) is 2.73. The van der Waals surface area contributed by atoms with Crippen LogP contribution in [0.15, 0.2) is 53.7 Å². The highest BCUT2D eigenvalue weighted by Crippen LogP contribution is 2.31. The van der Waals surface area contributed by atoms with E-state index in [9.17, 15) is 27.6 Å². The van der Waals surface area contributed by atoms with Crippen LogP contribution < -0.4 is 5.32 Å². The fraction of sp³-hybridized carbons (Fsp3) is 0.238. The zero-order valence-corrected chi connectivity index (χ0v) is 17.4. The van der Waals surface area contributed by atoms with Crippen LogP contribution in [0.4, 0.5) is 18.0 Å². The van der Waals surface area contributed by atoms with E-state index in [2.05, 4.69) is 15.0 Å². The van der Waals surface area contributed by atoms with Crippen LogP contribution in [0.25, 0.3) is 6.08 Å². The number of nitrogens with one attached hydrogen (secondary N) is 1. The second-order valence-electron chi connectivity index (χ2n) is 6.68. The van der Waals surface area contributed by atoms with Gasteiger partial charge in [0.1, 0.15) is 6.61 Å². The second kappa shape index (κ2) is 10.4. The zero-order valence-electron chi connectivity index (χ0n) is 16.6. The minimum atomic E-state index is -4.40. The molecule has 0 radical (unpaired) electrons. The molecule has 0 bridgehead atoms. The Morgan fingerprint density at radius 1 is 1.19 bits per heavy atom. The second-order valence-corrected chi connectivity index (χ2v) is 7.67. The van der Waals surface area contributed by atoms with Crippen molar-refractivity contribution in [2.75, 3.05) is 19.7 Å². The minimum absolute atomic E-state index is 0.00412. The Bertz CT molecular complexity index is 1010. The molecule has 1 aromatic carbocycles. The molecule has 1 fully saturated rings. The van der Waals surface area contributed by atoms with Crippen molar-refractivity contribution in [2.24, 2.45) is 0 Å². The van der Waals surface area contributed by atoms with Crippen LogP contribution in [0.2, 0.25) is 0 Å². The molecule has 3 amide bonds. The first-order valence-electron chi connectivity index (χ1n) is 9.40. The topological polar surface area (TPSA) is 88.6 Å². The Morgan fingerprint density at radius 3 is 2.59 bits per heavy atom. The van der Waals surface area contributed by atoms with E-state index < -0.39 is 29.8 Å². The highest BCUT2D eigenvalue weighted by molar-refractivity contribution is 8.18. The molecule has 1 saturated heterocycles. The maximum Gasteiger partial charge on any atom is 0.411 e. The molecule has 7 nitrogen and oxygen atoms in total. The molecule has 11 heteroatoms. The summed E-state index contributed by atoms with van der Waals surface area (Å²) in [5.41, 5.74) is 1.47. The SMILES string of the molecule is O=C(NCCN1C(=O)S/C(=C\c2cccnc2)C1=O)c1ccc(COCC(F)(F)F)cc1. The highest BCUT2D eigenvalue weighted by Gasteiger charge is 2.34. The number of rotatable bonds is 8. The van der Waals surface area contributed by atoms with Gasteiger partial charge in [-0.05, 0) is 47.2 Å². The number of imide groups is 1. The fourth-order valence-corrected chi connectivity index (χ4v) is 3.59. The number of benzene rings is 1. The van der Waals surface area contributed by atoms with E-state index >= 15 is 0 Å². The van der Waals surface area contributed by atoms with Gasteiger partial charge in [-0.15, -0.1) is 0 Å². The standard InChI is InChI=1S/C21H18F3N3O4S/c22-21(23,24)13-31-12-14-3-5-16(6-4-14)18(28)26-8-9-27-19(29)17(32-20(27)30)10-15-2-1-7-25-11-15/h1-7,10-11H,8-9,12-13H2,(H,26,28)/b17-10-. The van der Waals surface area contributed by atoms with Crippen molar-refractivity contribution >= 4 is 34.9 Å². The van der Waals surface area contributed by atoms with Gasteiger partial charge in [-0.2, -0.15) is 13.2 Å². The van der Waals surface area contributed by atoms with Crippen molar-refractivity contribution in [1.29, 1.82) is 0 Å². The summed E-state index contributed by atoms with van der Waals surface area (Å²) >= 11 is 0.817. The van der Waals surface area contributed by atoms with Crippen LogP contribution in [-0.4, -0.2) is 52.8 Å². The molecule has 0 atom stereocenters. The van der Waals surface area contributed by atoms with Gasteiger partial charge in [-0.25, -0.2) is 0 Å². The summed E-state index contributed by atoms with van der Waals surface area (Å²) in [6, 6.07) is 9.37. The van der Waals surface area contributed by atoms with Gasteiger partial charge in [0.15, 0.2) is 0 Å². The number of carbonyl (C=O) groups excluding carboxylic acids is 3. The Hall–Kier alpha value is -3.18. The van der Waals surface area contributed by atoms with E-state index in [1.165, 1.54) is 24.3 Å². The number of halogens is 3. The van der Waals surface area contributed by atoms with Crippen LogP contribution in [0, 0.1) is 0 Å². The summed E-state index contributed by atoms with van der Waals surface area (Å²) in [5.74, 6) is -0.882. The normalized spacial score (nSPS) is 15.5. The van der Waals surface area contributed by atoms with Crippen molar-refractivity contribution in [1.82, 2.24) is 15.2 Å². The van der Waals surface area contributed by atoms with Crippen LogP contribution in [0.3, 0.4) is 0 Å². The number of aromatic nitrogens is 1. The Kier molecular flexibility index (Phi) is 7.65. The largest absolute Gasteiger partial charge is 0.411 e. The van der Waals surface area contributed by atoms with Gasteiger partial charge in [-0.1, -0.05) is 18.2 Å². The van der Waals surface area contributed by atoms with E-state index in [4.69, 9.17) is 0 Å². The van der Waals surface area contributed by atoms with Gasteiger partial charge in [0.25, 0.3) is 17.1 Å². The lowest BCUT2D eigenvalue weighted by atomic mass is 10.1. The quantitative estimate of drug-likeness (QED) is 0.599. The number of hydrogen-bond acceptors (Lipinski definition) is 6. The van der Waals surface area contributed by atoms with E-state index in [1.807, 2.05) is 0 Å². The minimum Gasteiger partial charge on any atom is -0.367 e. The lowest BCUT2D eigenvalue weighted by Crippen LogP contribution is -2.37. The molecular formula is C21H18F3N3O4S. The molecule has 0 saturated carbocycles. The Morgan fingerprint density at radius 2 is 1.94 bits per heavy atom. The summed E-state index contributed by atoms with van der Waals surface area (Å²) in [6.07, 6.45) is 0.352. The average molecular weight is 465 g/mol. The Balaban J connectivity index is 1.47. The third-order valence-corrected chi connectivity index (χ3v) is 5.13. The summed E-state index contributed by atoms with van der Waals surface area (Å²) in [4.78, 5) is 42.1. The van der Waals surface area contributed by atoms with Crippen LogP contribution >= 0.6 is 11.8 Å². The lowest BCUT2D eigenvalue weighted by molar-refractivity contribution is -0.176. The van der Waals surface area contributed by atoms with Gasteiger partial charge in [0.05, 0.1) is 11.5 Å². The van der Waals surface area contributed by atoms with Crippen molar-refractivity contribution in [3.05, 3.63) is 70.4 Å². The summed E-state index contributed by atoms with van der Waals surface area (Å²) in [6.45, 7) is -1.52. The van der Waals surface area contributed by atoms with Gasteiger partial charge in [0, 0.05) is 31.0 Å². The molecule has 1 aliphatic heterocycles. The highest BCUT2D eigenvalue weighted by atomic mass is 32.2. The smallest absolute Gasteiger partial charge is 0.367 e. The first-order valence-corrected chi connectivity index (χ1v) is 10.2. The lowest BCUT2D eigenvalue weighted by Gasteiger charge is -2.13. The van der Waals surface area contributed by atoms with Gasteiger partial charge in [0.2, 0.25) is 0 Å². The van der Waals surface area contributed by atoms with Crippen LogP contribution in [0.5, 0.6) is 0 Å². The van der Waals surface area contributed by atoms with E-state index in [-0.39, 0.29) is 30.2 Å². The number of hydrogen-bond donors (Lipinski definition) is 1. The van der Waals surface area contributed by atoms with Crippen LogP contribution in [-0.2, 0) is 16.1 Å². The Labute approximate surface area is 185 Å². The number of nitrogens with zero attached hydrogens (tertiary/aromatic N) is 2. The van der Waals surface area contributed by atoms with E-state index in [0.29, 0.717) is 11.1 Å². The number of thioether (sulfide) groups is 1. The van der Waals surface area contributed by atoms with Crippen LogP contribution in [0.1, 0.15) is 21.5 Å². The van der Waals surface area contributed by atoms with Crippen molar-refractivity contribution in [2.45, 2.75) is 12.8 Å². The van der Waals surface area contributed by atoms with Crippen molar-refractivity contribution < 1.29 is 32.3 Å². The predicted molar refractivity (Wildman–Crippen MR) is 111 cm³/mol. The molecule has 3 rings (SSSR count). The number of pyridine rings is 1. The summed E-state index contributed by atoms with van der Waals surface area (Å²) in [5, 5.41) is 2.18. The molecule has 0 aliphatic carbocycles. The number of carbonyl (C=O) groups is 3. The third-order valence-electron chi connectivity index (χ3n) is 4.23. The van der Waals surface area contributed by atoms with E-state index in [1.54, 1.807) is 30.6 Å².